The van der Waals surface area contributed by atoms with Gasteiger partial charge in [0.05, 0.1) is 5.33 Å². The quantitative estimate of drug-likeness (QED) is 0.660. The first-order chi connectivity index (χ1) is 6.70. The van der Waals surface area contributed by atoms with Crippen molar-refractivity contribution >= 4 is 32.8 Å². The molecular formula is C9H6BrNO3. The van der Waals surface area contributed by atoms with Crippen LogP contribution >= 0.6 is 15.9 Å². The topological polar surface area (TPSA) is 63.3 Å². The molecule has 4 nitrogen and oxygen atoms in total. The summed E-state index contributed by atoms with van der Waals surface area (Å²) in [5.74, 6) is -0.0631. The van der Waals surface area contributed by atoms with E-state index in [-0.39, 0.29) is 22.8 Å². The summed E-state index contributed by atoms with van der Waals surface area (Å²) in [5, 5.41) is 9.33. The van der Waals surface area contributed by atoms with Crippen LogP contribution in [-0.4, -0.2) is 21.2 Å². The van der Waals surface area contributed by atoms with E-state index in [1.807, 2.05) is 0 Å². The maximum absolute atomic E-state index is 11.2. The number of ketones is 1. The van der Waals surface area contributed by atoms with Crippen molar-refractivity contribution in [2.24, 2.45) is 0 Å². The van der Waals surface area contributed by atoms with E-state index in [4.69, 9.17) is 9.52 Å². The van der Waals surface area contributed by atoms with E-state index in [1.54, 1.807) is 6.07 Å². The van der Waals surface area contributed by atoms with Crippen molar-refractivity contribution < 1.29 is 14.3 Å². The summed E-state index contributed by atoms with van der Waals surface area (Å²) in [6, 6.07) is 4.50. The second-order valence-electron chi connectivity index (χ2n) is 2.73. The Morgan fingerprint density at radius 1 is 1.57 bits per heavy atom. The largest absolute Gasteiger partial charge is 0.508 e. The molecular weight excluding hydrogens is 250 g/mol. The first-order valence-corrected chi connectivity index (χ1v) is 5.01. The minimum absolute atomic E-state index is 0.0578. The first-order valence-electron chi connectivity index (χ1n) is 3.89. The number of aromatic hydroxyl groups is 1. The number of phenols is 1. The number of hydrogen-bond acceptors (Lipinski definition) is 4. The van der Waals surface area contributed by atoms with Crippen LogP contribution in [0.5, 0.6) is 5.75 Å². The van der Waals surface area contributed by atoms with Gasteiger partial charge in [0.25, 0.3) is 5.89 Å². The second kappa shape index (κ2) is 3.42. The minimum atomic E-state index is -0.222. The highest BCUT2D eigenvalue weighted by Gasteiger charge is 2.12. The van der Waals surface area contributed by atoms with E-state index >= 15 is 0 Å². The van der Waals surface area contributed by atoms with E-state index in [1.165, 1.54) is 12.1 Å². The molecule has 14 heavy (non-hydrogen) atoms. The Bertz CT molecular complexity index is 492. The average molecular weight is 256 g/mol. The lowest BCUT2D eigenvalue weighted by molar-refractivity contribution is 0.0989. The molecule has 5 heteroatoms. The summed E-state index contributed by atoms with van der Waals surface area (Å²) in [6.45, 7) is 0. The zero-order valence-corrected chi connectivity index (χ0v) is 8.61. The van der Waals surface area contributed by atoms with Gasteiger partial charge in [-0.2, -0.15) is 0 Å². The van der Waals surface area contributed by atoms with Crippen molar-refractivity contribution in [1.82, 2.24) is 4.98 Å². The molecule has 0 unspecified atom stereocenters. The van der Waals surface area contributed by atoms with Crippen LogP contribution in [0.2, 0.25) is 0 Å². The molecule has 72 valence electrons. The standard InChI is InChI=1S/C9H6BrNO3/c10-4-7(13)9-11-6-3-5(12)1-2-8(6)14-9/h1-3,12H,4H2. The molecule has 0 aliphatic heterocycles. The van der Waals surface area contributed by atoms with Gasteiger partial charge in [-0.15, -0.1) is 0 Å². The summed E-state index contributed by atoms with van der Waals surface area (Å²) in [7, 11) is 0. The van der Waals surface area contributed by atoms with Gasteiger partial charge < -0.3 is 9.52 Å². The molecule has 0 aliphatic rings. The number of Topliss-reactive ketones (excluding diaryl/α,β-unsaturated/α-hetero) is 1. The number of phenolic OH excluding ortho intramolecular Hbond substituents is 1. The van der Waals surface area contributed by atoms with Crippen molar-refractivity contribution in [3.05, 3.63) is 24.1 Å². The molecule has 0 spiro atoms. The zero-order chi connectivity index (χ0) is 10.1. The van der Waals surface area contributed by atoms with Gasteiger partial charge in [-0.3, -0.25) is 4.79 Å². The Morgan fingerprint density at radius 2 is 2.36 bits per heavy atom. The lowest BCUT2D eigenvalue weighted by Crippen LogP contribution is -1.99. The van der Waals surface area contributed by atoms with Crippen LogP contribution in [0.3, 0.4) is 0 Å². The third kappa shape index (κ3) is 1.50. The van der Waals surface area contributed by atoms with Gasteiger partial charge >= 0.3 is 0 Å². The molecule has 0 atom stereocenters. The molecule has 0 bridgehead atoms. The molecule has 1 N–H and O–H groups in total. The summed E-state index contributed by atoms with van der Waals surface area (Å²) in [5.41, 5.74) is 0.974. The number of fused-ring (bicyclic) bond motifs is 1. The highest BCUT2D eigenvalue weighted by atomic mass is 79.9. The summed E-state index contributed by atoms with van der Waals surface area (Å²) < 4.78 is 5.17. The van der Waals surface area contributed by atoms with E-state index < -0.39 is 0 Å². The molecule has 1 heterocycles. The molecule has 2 rings (SSSR count). The maximum Gasteiger partial charge on any atom is 0.265 e. The van der Waals surface area contributed by atoms with E-state index in [9.17, 15) is 4.79 Å². The summed E-state index contributed by atoms with van der Waals surface area (Å²) in [4.78, 5) is 15.1. The van der Waals surface area contributed by atoms with Crippen molar-refractivity contribution in [2.75, 3.05) is 5.33 Å². The molecule has 0 saturated heterocycles. The van der Waals surface area contributed by atoms with Gasteiger partial charge in [0, 0.05) is 6.07 Å². The smallest absolute Gasteiger partial charge is 0.265 e. The first kappa shape index (κ1) is 9.21. The lowest BCUT2D eigenvalue weighted by atomic mass is 10.3. The van der Waals surface area contributed by atoms with Crippen molar-refractivity contribution in [3.63, 3.8) is 0 Å². The maximum atomic E-state index is 11.2. The highest BCUT2D eigenvalue weighted by molar-refractivity contribution is 9.09. The van der Waals surface area contributed by atoms with Crippen LogP contribution in [0.4, 0.5) is 0 Å². The predicted octanol–water partition coefficient (Wildman–Crippen LogP) is 2.11. The monoisotopic (exact) mass is 255 g/mol. The fourth-order valence-electron chi connectivity index (χ4n) is 1.09. The Labute approximate surface area is 87.7 Å². The normalized spacial score (nSPS) is 10.6. The Hall–Kier alpha value is -1.36. The highest BCUT2D eigenvalue weighted by Crippen LogP contribution is 2.20. The molecule has 0 saturated carbocycles. The average Bonchev–Trinajstić information content (AvgIpc) is 2.59. The summed E-state index contributed by atoms with van der Waals surface area (Å²) in [6.07, 6.45) is 0. The summed E-state index contributed by atoms with van der Waals surface area (Å²) >= 11 is 3.02. The Balaban J connectivity index is 2.56. The fraction of sp³-hybridized carbons (Fsp3) is 0.111. The van der Waals surface area contributed by atoms with Gasteiger partial charge in [-0.1, -0.05) is 15.9 Å². The van der Waals surface area contributed by atoms with Crippen LogP contribution in [0.25, 0.3) is 11.1 Å². The number of benzene rings is 1. The van der Waals surface area contributed by atoms with Gasteiger partial charge in [0.2, 0.25) is 5.78 Å². The number of oxazole rings is 1. The van der Waals surface area contributed by atoms with E-state index in [2.05, 4.69) is 20.9 Å². The van der Waals surface area contributed by atoms with Gasteiger partial charge in [0.15, 0.2) is 5.58 Å². The number of hydrogen-bond donors (Lipinski definition) is 1. The van der Waals surface area contributed by atoms with Crippen molar-refractivity contribution in [1.29, 1.82) is 0 Å². The molecule has 0 fully saturated rings. The zero-order valence-electron chi connectivity index (χ0n) is 7.03. The van der Waals surface area contributed by atoms with Crippen LogP contribution in [0, 0.1) is 0 Å². The second-order valence-corrected chi connectivity index (χ2v) is 3.29. The van der Waals surface area contributed by atoms with Crippen molar-refractivity contribution in [3.8, 4) is 5.75 Å². The van der Waals surface area contributed by atoms with Crippen LogP contribution < -0.4 is 0 Å². The van der Waals surface area contributed by atoms with Crippen LogP contribution in [0.1, 0.15) is 10.7 Å². The predicted molar refractivity (Wildman–Crippen MR) is 53.8 cm³/mol. The Kier molecular flexibility index (Phi) is 2.25. The van der Waals surface area contributed by atoms with Crippen LogP contribution in [0.15, 0.2) is 22.6 Å². The number of carbonyl (C=O) groups excluding carboxylic acids is 1. The van der Waals surface area contributed by atoms with Crippen molar-refractivity contribution in [2.45, 2.75) is 0 Å². The van der Waals surface area contributed by atoms with E-state index in [0.29, 0.717) is 11.1 Å². The number of alkyl halides is 1. The third-order valence-corrected chi connectivity index (χ3v) is 2.24. The molecule has 1 aromatic heterocycles. The number of halogens is 1. The minimum Gasteiger partial charge on any atom is -0.508 e. The molecule has 2 aromatic rings. The molecule has 0 amide bonds. The molecule has 1 aromatic carbocycles. The lowest BCUT2D eigenvalue weighted by Gasteiger charge is -1.87. The number of aromatic nitrogens is 1. The number of nitrogens with zero attached hydrogens (tertiary/aromatic N) is 1. The molecule has 0 radical (unpaired) electrons. The van der Waals surface area contributed by atoms with Gasteiger partial charge in [-0.05, 0) is 12.1 Å². The fourth-order valence-corrected chi connectivity index (χ4v) is 1.33. The van der Waals surface area contributed by atoms with Gasteiger partial charge in [0.1, 0.15) is 11.3 Å². The third-order valence-electron chi connectivity index (χ3n) is 1.73. The van der Waals surface area contributed by atoms with E-state index in [0.717, 1.165) is 0 Å². The number of rotatable bonds is 2. The van der Waals surface area contributed by atoms with Crippen LogP contribution in [-0.2, 0) is 0 Å². The van der Waals surface area contributed by atoms with Gasteiger partial charge in [-0.25, -0.2) is 4.98 Å². The number of carbonyl (C=O) groups is 1. The Morgan fingerprint density at radius 3 is 3.07 bits per heavy atom. The SMILES string of the molecule is O=C(CBr)c1nc2cc(O)ccc2o1. The molecule has 0 aliphatic carbocycles.